The molecule has 0 N–H and O–H groups in total. The molecule has 0 amide bonds. The van der Waals surface area contributed by atoms with Crippen LogP contribution in [0.5, 0.6) is 5.88 Å². The Balaban J connectivity index is 1.05. The van der Waals surface area contributed by atoms with Crippen LogP contribution >= 0.6 is 11.5 Å². The summed E-state index contributed by atoms with van der Waals surface area (Å²) >= 11 is 1.58. The maximum Gasteiger partial charge on any atom is 0.232 e. The summed E-state index contributed by atoms with van der Waals surface area (Å²) in [5, 5.41) is 5.10. The number of hydrogen-bond donors (Lipinski definition) is 0. The van der Waals surface area contributed by atoms with E-state index in [9.17, 15) is 0 Å². The topological polar surface area (TPSA) is 93.3 Å². The van der Waals surface area contributed by atoms with Crippen LogP contribution in [-0.2, 0) is 0 Å². The fourth-order valence-electron chi connectivity index (χ4n) is 3.66. The van der Waals surface area contributed by atoms with Crippen LogP contribution < -0.4 is 9.64 Å². The van der Waals surface area contributed by atoms with Crippen molar-refractivity contribution in [2.24, 2.45) is 0 Å². The van der Waals surface area contributed by atoms with Gasteiger partial charge in [0.05, 0.1) is 23.7 Å². The van der Waals surface area contributed by atoms with Crippen molar-refractivity contribution < 1.29 is 9.26 Å². The van der Waals surface area contributed by atoms with Gasteiger partial charge in [-0.3, -0.25) is 4.90 Å². The Labute approximate surface area is 183 Å². The molecule has 0 unspecified atom stereocenters. The Hall–Kier alpha value is -3.11. The van der Waals surface area contributed by atoms with Gasteiger partial charge in [0.15, 0.2) is 0 Å². The number of benzene rings is 1. The Morgan fingerprint density at radius 2 is 1.97 bits per heavy atom. The lowest BCUT2D eigenvalue weighted by atomic mass is 10.2. The number of aryl methyl sites for hydroxylation is 1. The molecule has 9 nitrogen and oxygen atoms in total. The Morgan fingerprint density at radius 1 is 1.10 bits per heavy atom. The molecule has 0 aliphatic carbocycles. The second kappa shape index (κ2) is 8.94. The zero-order chi connectivity index (χ0) is 21.0. The summed E-state index contributed by atoms with van der Waals surface area (Å²) in [6.45, 7) is 7.40. The van der Waals surface area contributed by atoms with Gasteiger partial charge in [-0.15, -0.1) is 0 Å². The minimum atomic E-state index is 0.432. The third-order valence-corrected chi connectivity index (χ3v) is 6.10. The first-order chi connectivity index (χ1) is 15.3. The van der Waals surface area contributed by atoms with Crippen molar-refractivity contribution in [3.63, 3.8) is 0 Å². The van der Waals surface area contributed by atoms with Crippen LogP contribution in [0.25, 0.3) is 21.6 Å². The molecule has 5 rings (SSSR count). The van der Waals surface area contributed by atoms with E-state index in [1.54, 1.807) is 30.8 Å². The van der Waals surface area contributed by atoms with E-state index in [2.05, 4.69) is 58.5 Å². The number of anilines is 1. The standard InChI is InChI=1S/C21H23N7O2S/c1-15-24-20(25-30-15)17-13-23-19(14-22-17)29-12-4-7-27-8-10-28(11-9-27)21-16-5-2-3-6-18(16)31-26-21/h2-3,5-6,13-14H,4,7-12H2,1H3. The summed E-state index contributed by atoms with van der Waals surface area (Å²) in [5.74, 6) is 2.56. The van der Waals surface area contributed by atoms with Crippen LogP contribution in [0.3, 0.4) is 0 Å². The van der Waals surface area contributed by atoms with Gasteiger partial charge in [-0.25, -0.2) is 9.97 Å². The van der Waals surface area contributed by atoms with Crippen LogP contribution in [0.4, 0.5) is 5.82 Å². The summed E-state index contributed by atoms with van der Waals surface area (Å²) in [6, 6.07) is 8.45. The number of nitrogens with zero attached hydrogens (tertiary/aromatic N) is 7. The van der Waals surface area contributed by atoms with Crippen LogP contribution in [0.15, 0.2) is 41.2 Å². The molecule has 1 aromatic carbocycles. The Bertz CT molecular complexity index is 1140. The monoisotopic (exact) mass is 437 g/mol. The highest BCUT2D eigenvalue weighted by Gasteiger charge is 2.20. The fourth-order valence-corrected chi connectivity index (χ4v) is 4.45. The van der Waals surface area contributed by atoms with Gasteiger partial charge >= 0.3 is 0 Å². The molecule has 4 heterocycles. The highest BCUT2D eigenvalue weighted by Crippen LogP contribution is 2.29. The second-order valence-electron chi connectivity index (χ2n) is 7.41. The molecule has 160 valence electrons. The maximum atomic E-state index is 5.74. The summed E-state index contributed by atoms with van der Waals surface area (Å²) in [7, 11) is 0. The van der Waals surface area contributed by atoms with Gasteiger partial charge in [-0.05, 0) is 30.1 Å². The molecule has 0 bridgehead atoms. The Morgan fingerprint density at radius 3 is 2.74 bits per heavy atom. The lowest BCUT2D eigenvalue weighted by Crippen LogP contribution is -2.47. The molecular weight excluding hydrogens is 414 g/mol. The average molecular weight is 438 g/mol. The van der Waals surface area contributed by atoms with Gasteiger partial charge < -0.3 is 14.2 Å². The van der Waals surface area contributed by atoms with E-state index in [1.807, 2.05) is 0 Å². The zero-order valence-electron chi connectivity index (χ0n) is 17.3. The molecule has 0 atom stereocenters. The third kappa shape index (κ3) is 4.49. The van der Waals surface area contributed by atoms with Crippen LogP contribution in [-0.4, -0.2) is 68.7 Å². The van der Waals surface area contributed by atoms with Crippen LogP contribution in [0.1, 0.15) is 12.3 Å². The van der Waals surface area contributed by atoms with Crippen molar-refractivity contribution in [3.8, 4) is 17.4 Å². The van der Waals surface area contributed by atoms with Gasteiger partial charge in [-0.2, -0.15) is 9.36 Å². The molecular formula is C21H23N7O2S. The molecule has 1 aliphatic heterocycles. The molecule has 31 heavy (non-hydrogen) atoms. The lowest BCUT2D eigenvalue weighted by Gasteiger charge is -2.35. The number of rotatable bonds is 7. The SMILES string of the molecule is Cc1nc(-c2cnc(OCCCN3CCN(c4nsc5ccccc45)CC3)cn2)no1. The predicted molar refractivity (Wildman–Crippen MR) is 118 cm³/mol. The highest BCUT2D eigenvalue weighted by molar-refractivity contribution is 7.13. The molecule has 0 radical (unpaired) electrons. The molecule has 0 saturated carbocycles. The van der Waals surface area contributed by atoms with Crippen molar-refractivity contribution in [1.82, 2.24) is 29.4 Å². The number of hydrogen-bond acceptors (Lipinski definition) is 10. The number of fused-ring (bicyclic) bond motifs is 1. The molecule has 3 aromatic heterocycles. The van der Waals surface area contributed by atoms with Gasteiger partial charge in [0.1, 0.15) is 11.5 Å². The van der Waals surface area contributed by atoms with Crippen molar-refractivity contribution in [1.29, 1.82) is 0 Å². The first-order valence-corrected chi connectivity index (χ1v) is 11.1. The summed E-state index contributed by atoms with van der Waals surface area (Å²) < 4.78 is 16.6. The van der Waals surface area contributed by atoms with E-state index in [0.29, 0.717) is 29.9 Å². The Kier molecular flexibility index (Phi) is 5.72. The van der Waals surface area contributed by atoms with E-state index < -0.39 is 0 Å². The van der Waals surface area contributed by atoms with Crippen molar-refractivity contribution in [2.45, 2.75) is 13.3 Å². The van der Waals surface area contributed by atoms with Gasteiger partial charge in [0.25, 0.3) is 0 Å². The average Bonchev–Trinajstić information content (AvgIpc) is 3.44. The smallest absolute Gasteiger partial charge is 0.232 e. The normalized spacial score (nSPS) is 14.9. The molecule has 0 spiro atoms. The molecule has 1 fully saturated rings. The highest BCUT2D eigenvalue weighted by atomic mass is 32.1. The quantitative estimate of drug-likeness (QED) is 0.404. The first kappa shape index (κ1) is 19.8. The molecule has 1 saturated heterocycles. The van der Waals surface area contributed by atoms with Crippen LogP contribution in [0, 0.1) is 6.92 Å². The fraction of sp³-hybridized carbons (Fsp3) is 0.381. The largest absolute Gasteiger partial charge is 0.477 e. The van der Waals surface area contributed by atoms with E-state index in [1.165, 1.54) is 10.1 Å². The van der Waals surface area contributed by atoms with Crippen LogP contribution in [0.2, 0.25) is 0 Å². The first-order valence-electron chi connectivity index (χ1n) is 10.3. The van der Waals surface area contributed by atoms with E-state index in [0.717, 1.165) is 45.0 Å². The third-order valence-electron chi connectivity index (χ3n) is 5.28. The summed E-state index contributed by atoms with van der Waals surface area (Å²) in [6.07, 6.45) is 4.13. The minimum Gasteiger partial charge on any atom is -0.477 e. The van der Waals surface area contributed by atoms with Crippen molar-refractivity contribution in [3.05, 3.63) is 42.5 Å². The number of piperazine rings is 1. The molecule has 10 heteroatoms. The predicted octanol–water partition coefficient (Wildman–Crippen LogP) is 3.04. The number of aromatic nitrogens is 5. The van der Waals surface area contributed by atoms with E-state index in [-0.39, 0.29) is 0 Å². The maximum absolute atomic E-state index is 5.74. The number of ether oxygens (including phenoxy) is 1. The second-order valence-corrected chi connectivity index (χ2v) is 8.21. The molecule has 4 aromatic rings. The zero-order valence-corrected chi connectivity index (χ0v) is 18.1. The van der Waals surface area contributed by atoms with E-state index >= 15 is 0 Å². The van der Waals surface area contributed by atoms with Gasteiger partial charge in [0.2, 0.25) is 17.6 Å². The van der Waals surface area contributed by atoms with Gasteiger partial charge in [-0.1, -0.05) is 17.3 Å². The van der Waals surface area contributed by atoms with Gasteiger partial charge in [0, 0.05) is 45.0 Å². The van der Waals surface area contributed by atoms with E-state index in [4.69, 9.17) is 9.26 Å². The summed E-state index contributed by atoms with van der Waals surface area (Å²) in [4.78, 5) is 17.6. The minimum absolute atomic E-state index is 0.432. The van der Waals surface area contributed by atoms with Crippen molar-refractivity contribution >= 4 is 27.4 Å². The lowest BCUT2D eigenvalue weighted by molar-refractivity contribution is 0.221. The molecule has 1 aliphatic rings. The summed E-state index contributed by atoms with van der Waals surface area (Å²) in [5.41, 5.74) is 0.565. The van der Waals surface area contributed by atoms with Crippen molar-refractivity contribution in [2.75, 3.05) is 44.2 Å².